The highest BCUT2D eigenvalue weighted by molar-refractivity contribution is 9.11. The van der Waals surface area contributed by atoms with Gasteiger partial charge in [-0.1, -0.05) is 0 Å². The highest BCUT2D eigenvalue weighted by Crippen LogP contribution is 2.28. The Labute approximate surface area is 111 Å². The highest BCUT2D eigenvalue weighted by Gasteiger charge is 2.23. The summed E-state index contributed by atoms with van der Waals surface area (Å²) in [7, 11) is -1.95. The van der Waals surface area contributed by atoms with Crippen molar-refractivity contribution in [3.05, 3.63) is 28.1 Å². The van der Waals surface area contributed by atoms with Gasteiger partial charge in [0.1, 0.15) is 16.4 Å². The van der Waals surface area contributed by atoms with Gasteiger partial charge in [-0.2, -0.15) is 9.40 Å². The molecule has 0 aliphatic rings. The van der Waals surface area contributed by atoms with Crippen LogP contribution in [0.15, 0.2) is 26.5 Å². The van der Waals surface area contributed by atoms with E-state index >= 15 is 0 Å². The van der Waals surface area contributed by atoms with Crippen LogP contribution in [-0.4, -0.2) is 35.0 Å². The van der Waals surface area contributed by atoms with Gasteiger partial charge in [0.05, 0.1) is 10.3 Å². The number of nitrogens with one attached hydrogen (secondary N) is 1. The normalized spacial score (nSPS) is 12.2. The van der Waals surface area contributed by atoms with Gasteiger partial charge in [0.2, 0.25) is 0 Å². The van der Waals surface area contributed by atoms with E-state index in [9.17, 15) is 8.42 Å². The fourth-order valence-corrected chi connectivity index (χ4v) is 4.55. The summed E-state index contributed by atoms with van der Waals surface area (Å²) >= 11 is 4.42. The molecule has 6 nitrogen and oxygen atoms in total. The van der Waals surface area contributed by atoms with E-state index in [0.717, 1.165) is 3.79 Å². The van der Waals surface area contributed by atoms with Gasteiger partial charge < -0.3 is 0 Å². The monoisotopic (exact) mass is 336 g/mol. The molecule has 0 aliphatic heterocycles. The summed E-state index contributed by atoms with van der Waals surface area (Å²) in [4.78, 5) is 3.89. The number of nitrogens with zero attached hydrogens (tertiary/aromatic N) is 3. The van der Waals surface area contributed by atoms with Gasteiger partial charge in [-0.25, -0.2) is 13.4 Å². The zero-order chi connectivity index (χ0) is 12.5. The fraction of sp³-hybridized carbons (Fsp3) is 0.250. The molecular formula is C8H9BrN4O2S2. The molecule has 0 atom stereocenters. The lowest BCUT2D eigenvalue weighted by molar-refractivity contribution is 0.459. The van der Waals surface area contributed by atoms with Crippen LogP contribution in [0.4, 0.5) is 0 Å². The maximum Gasteiger partial charge on any atom is 0.252 e. The Hall–Kier alpha value is -0.770. The number of sulfonamides is 1. The Bertz CT molecular complexity index is 593. The van der Waals surface area contributed by atoms with Crippen molar-refractivity contribution in [3.63, 3.8) is 0 Å². The van der Waals surface area contributed by atoms with Crippen LogP contribution in [0.1, 0.15) is 5.82 Å². The molecule has 92 valence electrons. The third-order valence-corrected chi connectivity index (χ3v) is 5.94. The van der Waals surface area contributed by atoms with Crippen LogP contribution in [0.25, 0.3) is 0 Å². The lowest BCUT2D eigenvalue weighted by Gasteiger charge is -2.13. The summed E-state index contributed by atoms with van der Waals surface area (Å²) in [6, 6.07) is 3.28. The van der Waals surface area contributed by atoms with E-state index in [1.807, 2.05) is 0 Å². The second-order valence-electron chi connectivity index (χ2n) is 3.25. The Morgan fingerprint density at radius 3 is 2.82 bits per heavy atom. The summed E-state index contributed by atoms with van der Waals surface area (Å²) in [5.41, 5.74) is 0. The minimum Gasteiger partial charge on any atom is -0.262 e. The summed E-state index contributed by atoms with van der Waals surface area (Å²) in [6.45, 7) is 0.165. The average Bonchev–Trinajstić information content (AvgIpc) is 2.89. The molecule has 2 aromatic heterocycles. The Morgan fingerprint density at radius 2 is 2.29 bits per heavy atom. The third kappa shape index (κ3) is 2.73. The Morgan fingerprint density at radius 1 is 1.53 bits per heavy atom. The first-order chi connectivity index (χ1) is 8.00. The fourth-order valence-electron chi connectivity index (χ4n) is 1.19. The van der Waals surface area contributed by atoms with Crippen molar-refractivity contribution in [2.24, 2.45) is 0 Å². The predicted octanol–water partition coefficient (Wildman–Crippen LogP) is 1.45. The maximum atomic E-state index is 12.1. The van der Waals surface area contributed by atoms with Crippen molar-refractivity contribution in [1.29, 1.82) is 0 Å². The molecule has 0 aromatic carbocycles. The summed E-state index contributed by atoms with van der Waals surface area (Å²) < 4.78 is 26.6. The highest BCUT2D eigenvalue weighted by atomic mass is 79.9. The quantitative estimate of drug-likeness (QED) is 0.916. The molecule has 0 saturated carbocycles. The van der Waals surface area contributed by atoms with Gasteiger partial charge >= 0.3 is 0 Å². The topological polar surface area (TPSA) is 79.0 Å². The van der Waals surface area contributed by atoms with Crippen LogP contribution in [-0.2, 0) is 16.6 Å². The van der Waals surface area contributed by atoms with Gasteiger partial charge in [0.25, 0.3) is 10.0 Å². The Kier molecular flexibility index (Phi) is 3.61. The molecule has 2 aromatic rings. The van der Waals surface area contributed by atoms with Crippen molar-refractivity contribution >= 4 is 37.3 Å². The molecule has 9 heteroatoms. The van der Waals surface area contributed by atoms with Crippen molar-refractivity contribution in [3.8, 4) is 0 Å². The van der Waals surface area contributed by atoms with Crippen LogP contribution in [0.3, 0.4) is 0 Å². The molecule has 0 spiro atoms. The van der Waals surface area contributed by atoms with Crippen LogP contribution in [0, 0.1) is 0 Å². The number of aromatic amines is 1. The van der Waals surface area contributed by atoms with Gasteiger partial charge in [0, 0.05) is 7.05 Å². The van der Waals surface area contributed by atoms with E-state index in [4.69, 9.17) is 0 Å². The molecule has 1 N–H and O–H groups in total. The number of aromatic nitrogens is 3. The third-order valence-electron chi connectivity index (χ3n) is 2.05. The van der Waals surface area contributed by atoms with Crippen molar-refractivity contribution in [2.45, 2.75) is 10.8 Å². The van der Waals surface area contributed by atoms with E-state index in [1.54, 1.807) is 12.1 Å². The molecule has 2 heterocycles. The minimum absolute atomic E-state index is 0.165. The number of thiophene rings is 1. The first-order valence-corrected chi connectivity index (χ1v) is 7.61. The number of halogens is 1. The number of rotatable bonds is 4. The minimum atomic E-state index is -3.46. The van der Waals surface area contributed by atoms with Crippen LogP contribution >= 0.6 is 27.3 Å². The first kappa shape index (κ1) is 12.7. The zero-order valence-corrected chi connectivity index (χ0v) is 12.0. The van der Waals surface area contributed by atoms with Gasteiger partial charge in [-0.3, -0.25) is 5.10 Å². The van der Waals surface area contributed by atoms with Crippen LogP contribution in [0.5, 0.6) is 0 Å². The number of hydrogen-bond donors (Lipinski definition) is 1. The summed E-state index contributed by atoms with van der Waals surface area (Å²) in [5, 5.41) is 6.30. The van der Waals surface area contributed by atoms with Crippen LogP contribution < -0.4 is 0 Å². The van der Waals surface area contributed by atoms with Crippen molar-refractivity contribution in [2.75, 3.05) is 7.05 Å². The second-order valence-corrected chi connectivity index (χ2v) is 7.99. The van der Waals surface area contributed by atoms with E-state index in [0.29, 0.717) is 10.0 Å². The molecule has 0 unspecified atom stereocenters. The average molecular weight is 337 g/mol. The molecule has 0 radical (unpaired) electrons. The predicted molar refractivity (Wildman–Crippen MR) is 67.1 cm³/mol. The van der Waals surface area contributed by atoms with Gasteiger partial charge in [-0.15, -0.1) is 11.3 Å². The summed E-state index contributed by atoms with van der Waals surface area (Å²) in [6.07, 6.45) is 1.34. The Balaban J connectivity index is 2.21. The second kappa shape index (κ2) is 4.84. The van der Waals surface area contributed by atoms with Crippen molar-refractivity contribution < 1.29 is 8.42 Å². The largest absolute Gasteiger partial charge is 0.262 e. The SMILES string of the molecule is CN(Cc1ncn[nH]1)S(=O)(=O)c1ccc(Br)s1. The van der Waals surface area contributed by atoms with E-state index in [1.165, 1.54) is 29.0 Å². The molecule has 2 rings (SSSR count). The van der Waals surface area contributed by atoms with Crippen molar-refractivity contribution in [1.82, 2.24) is 19.5 Å². The standard InChI is InChI=1S/C8H9BrN4O2S2/c1-13(4-7-10-5-11-12-7)17(14,15)8-3-2-6(9)16-8/h2-3,5H,4H2,1H3,(H,10,11,12). The van der Waals surface area contributed by atoms with E-state index in [-0.39, 0.29) is 6.54 Å². The smallest absolute Gasteiger partial charge is 0.252 e. The van der Waals surface area contributed by atoms with Gasteiger partial charge in [0.15, 0.2) is 0 Å². The molecule has 0 fully saturated rings. The molecule has 0 amide bonds. The maximum absolute atomic E-state index is 12.1. The molecule has 0 saturated heterocycles. The summed E-state index contributed by atoms with van der Waals surface area (Å²) in [5.74, 6) is 0.506. The van der Waals surface area contributed by atoms with Crippen LogP contribution in [0.2, 0.25) is 0 Å². The zero-order valence-electron chi connectivity index (χ0n) is 8.79. The van der Waals surface area contributed by atoms with E-state index < -0.39 is 10.0 Å². The lowest BCUT2D eigenvalue weighted by Crippen LogP contribution is -2.26. The molecule has 0 bridgehead atoms. The van der Waals surface area contributed by atoms with Gasteiger partial charge in [-0.05, 0) is 28.1 Å². The number of hydrogen-bond acceptors (Lipinski definition) is 5. The molecule has 17 heavy (non-hydrogen) atoms. The van der Waals surface area contributed by atoms with E-state index in [2.05, 4.69) is 31.1 Å². The lowest BCUT2D eigenvalue weighted by atomic mass is 10.6. The first-order valence-electron chi connectivity index (χ1n) is 4.56. The molecular weight excluding hydrogens is 328 g/mol. The number of H-pyrrole nitrogens is 1. The molecule has 0 aliphatic carbocycles.